The lowest BCUT2D eigenvalue weighted by Crippen LogP contribution is -1.92. The number of imidazole rings is 1. The number of hydrogen-bond acceptors (Lipinski definition) is 2. The zero-order chi connectivity index (χ0) is 16.1. The summed E-state index contributed by atoms with van der Waals surface area (Å²) in [5.41, 5.74) is 5.82. The lowest BCUT2D eigenvalue weighted by Gasteiger charge is -2.11. The van der Waals surface area contributed by atoms with Gasteiger partial charge in [0.2, 0.25) is 0 Å². The molecular formula is C20H17N3. The Morgan fingerprint density at radius 3 is 2.43 bits per heavy atom. The Morgan fingerprint density at radius 2 is 1.70 bits per heavy atom. The topological polar surface area (TPSA) is 41.6 Å². The number of fused-ring (bicyclic) bond motifs is 5. The molecule has 0 aliphatic heterocycles. The van der Waals surface area contributed by atoms with E-state index in [2.05, 4.69) is 41.3 Å². The van der Waals surface area contributed by atoms with Gasteiger partial charge < -0.3 is 4.98 Å². The van der Waals surface area contributed by atoms with E-state index in [0.717, 1.165) is 49.5 Å². The van der Waals surface area contributed by atoms with E-state index in [1.54, 1.807) is 0 Å². The van der Waals surface area contributed by atoms with Gasteiger partial charge in [0.15, 0.2) is 5.82 Å². The Bertz CT molecular complexity index is 1120. The zero-order valence-corrected chi connectivity index (χ0v) is 13.3. The van der Waals surface area contributed by atoms with Gasteiger partial charge in [0.25, 0.3) is 0 Å². The minimum atomic E-state index is 0.710. The quantitative estimate of drug-likeness (QED) is 0.508. The van der Waals surface area contributed by atoms with Crippen LogP contribution in [0.5, 0.6) is 0 Å². The summed E-state index contributed by atoms with van der Waals surface area (Å²) in [7, 11) is 0. The summed E-state index contributed by atoms with van der Waals surface area (Å²) in [4.78, 5) is 12.8. The number of para-hydroxylation sites is 1. The maximum absolute atomic E-state index is 4.74. The Morgan fingerprint density at radius 1 is 0.913 bits per heavy atom. The van der Waals surface area contributed by atoms with Crippen molar-refractivity contribution in [2.45, 2.75) is 13.8 Å². The third kappa shape index (κ3) is 1.97. The van der Waals surface area contributed by atoms with Crippen molar-refractivity contribution >= 4 is 43.9 Å². The monoisotopic (exact) mass is 299 g/mol. The van der Waals surface area contributed by atoms with Crippen LogP contribution < -0.4 is 0 Å². The molecule has 0 bridgehead atoms. The molecule has 3 nitrogen and oxygen atoms in total. The molecule has 0 atom stereocenters. The van der Waals surface area contributed by atoms with Crippen LogP contribution in [0.25, 0.3) is 43.9 Å². The van der Waals surface area contributed by atoms with E-state index < -0.39 is 0 Å². The third-order valence-electron chi connectivity index (χ3n) is 4.13. The highest BCUT2D eigenvalue weighted by Gasteiger charge is 2.14. The average Bonchev–Trinajstić information content (AvgIpc) is 2.98. The number of allylic oxidation sites excluding steroid dienone is 2. The maximum Gasteiger partial charge on any atom is 0.155 e. The standard InChI is InChI=1S/C20H17N3/c1-11(2)18-14-9-10-16-19(23-20(22-16)12(3)4)17(14)13-7-5-6-8-15(13)21-18/h5-10,21H,1,3H2,2,4H3. The molecule has 3 heteroatoms. The fourth-order valence-electron chi connectivity index (χ4n) is 3.05. The van der Waals surface area contributed by atoms with E-state index >= 15 is 0 Å². The van der Waals surface area contributed by atoms with Gasteiger partial charge in [-0.05, 0) is 43.2 Å². The molecule has 0 fully saturated rings. The lowest BCUT2D eigenvalue weighted by atomic mass is 10.00. The minimum Gasteiger partial charge on any atom is -0.354 e. The summed E-state index contributed by atoms with van der Waals surface area (Å²) in [6, 6.07) is 12.4. The summed E-state index contributed by atoms with van der Waals surface area (Å²) < 4.78 is 0. The predicted molar refractivity (Wildman–Crippen MR) is 98.3 cm³/mol. The van der Waals surface area contributed by atoms with Gasteiger partial charge in [-0.3, -0.25) is 0 Å². The molecule has 4 rings (SSSR count). The molecule has 1 N–H and O–H groups in total. The molecule has 112 valence electrons. The Hall–Kier alpha value is -2.94. The van der Waals surface area contributed by atoms with Crippen LogP contribution >= 0.6 is 0 Å². The van der Waals surface area contributed by atoms with Crippen molar-refractivity contribution in [2.75, 3.05) is 0 Å². The number of aromatic amines is 1. The van der Waals surface area contributed by atoms with Crippen LogP contribution in [0.4, 0.5) is 0 Å². The van der Waals surface area contributed by atoms with Crippen LogP contribution in [0.1, 0.15) is 25.4 Å². The molecule has 0 aliphatic rings. The highest BCUT2D eigenvalue weighted by molar-refractivity contribution is 6.19. The van der Waals surface area contributed by atoms with Gasteiger partial charge in [-0.1, -0.05) is 31.4 Å². The molecule has 2 aromatic heterocycles. The minimum absolute atomic E-state index is 0.710. The predicted octanol–water partition coefficient (Wildman–Crippen LogP) is 5.33. The fraction of sp³-hybridized carbons (Fsp3) is 0.100. The lowest BCUT2D eigenvalue weighted by molar-refractivity contribution is 1.26. The number of hydrogen-bond donors (Lipinski definition) is 1. The van der Waals surface area contributed by atoms with Crippen molar-refractivity contribution in [3.63, 3.8) is 0 Å². The SMILES string of the molecule is C=C(C)c1nc2ccc3c(C(=C)C)[nH]c4ccccc4c3c2n1. The molecule has 0 amide bonds. The highest BCUT2D eigenvalue weighted by atomic mass is 14.9. The molecule has 4 aromatic rings. The molecule has 2 aromatic carbocycles. The van der Waals surface area contributed by atoms with Gasteiger partial charge in [0, 0.05) is 27.4 Å². The van der Waals surface area contributed by atoms with Crippen molar-refractivity contribution < 1.29 is 0 Å². The number of rotatable bonds is 2. The van der Waals surface area contributed by atoms with E-state index in [0.29, 0.717) is 5.82 Å². The maximum atomic E-state index is 4.74. The van der Waals surface area contributed by atoms with Gasteiger partial charge >= 0.3 is 0 Å². The first-order chi connectivity index (χ1) is 11.1. The molecule has 0 unspecified atom stereocenters. The van der Waals surface area contributed by atoms with Crippen molar-refractivity contribution in [1.29, 1.82) is 0 Å². The summed E-state index contributed by atoms with van der Waals surface area (Å²) >= 11 is 0. The van der Waals surface area contributed by atoms with E-state index in [4.69, 9.17) is 4.98 Å². The van der Waals surface area contributed by atoms with Crippen LogP contribution in [0.15, 0.2) is 49.6 Å². The summed E-state index contributed by atoms with van der Waals surface area (Å²) in [6.07, 6.45) is 0. The molecule has 0 saturated carbocycles. The number of aromatic nitrogens is 3. The second-order valence-electron chi connectivity index (χ2n) is 6.01. The Balaban J connectivity index is 2.30. The van der Waals surface area contributed by atoms with Crippen LogP contribution in [-0.2, 0) is 0 Å². The highest BCUT2D eigenvalue weighted by Crippen LogP contribution is 2.34. The first kappa shape index (κ1) is 13.7. The molecule has 0 radical (unpaired) electrons. The molecule has 0 spiro atoms. The van der Waals surface area contributed by atoms with Crippen LogP contribution in [-0.4, -0.2) is 15.0 Å². The molecule has 0 aliphatic carbocycles. The third-order valence-corrected chi connectivity index (χ3v) is 4.13. The summed E-state index contributed by atoms with van der Waals surface area (Å²) in [6.45, 7) is 12.0. The molecule has 0 saturated heterocycles. The second-order valence-corrected chi connectivity index (χ2v) is 6.01. The van der Waals surface area contributed by atoms with Gasteiger partial charge in [0.1, 0.15) is 0 Å². The van der Waals surface area contributed by atoms with E-state index in [1.165, 1.54) is 0 Å². The average molecular weight is 299 g/mol. The van der Waals surface area contributed by atoms with Gasteiger partial charge in [0.05, 0.1) is 11.0 Å². The van der Waals surface area contributed by atoms with Gasteiger partial charge in [-0.2, -0.15) is 0 Å². The summed E-state index contributed by atoms with van der Waals surface area (Å²) in [5.74, 6) is 0.710. The normalized spacial score (nSPS) is 11.4. The summed E-state index contributed by atoms with van der Waals surface area (Å²) in [5, 5.41) is 3.39. The molecular weight excluding hydrogens is 282 g/mol. The molecule has 2 heterocycles. The Kier molecular flexibility index (Phi) is 2.85. The van der Waals surface area contributed by atoms with Crippen LogP contribution in [0, 0.1) is 0 Å². The van der Waals surface area contributed by atoms with Gasteiger partial charge in [-0.15, -0.1) is 0 Å². The van der Waals surface area contributed by atoms with Crippen molar-refractivity contribution in [1.82, 2.24) is 15.0 Å². The first-order valence-electron chi connectivity index (χ1n) is 7.59. The first-order valence-corrected chi connectivity index (χ1v) is 7.59. The number of benzene rings is 2. The van der Waals surface area contributed by atoms with Crippen LogP contribution in [0.3, 0.4) is 0 Å². The Labute approximate surface area is 134 Å². The van der Waals surface area contributed by atoms with Crippen molar-refractivity contribution in [3.05, 3.63) is 61.1 Å². The number of pyridine rings is 1. The zero-order valence-electron chi connectivity index (χ0n) is 13.3. The fourth-order valence-corrected chi connectivity index (χ4v) is 3.05. The second kappa shape index (κ2) is 4.78. The van der Waals surface area contributed by atoms with E-state index in [-0.39, 0.29) is 0 Å². The van der Waals surface area contributed by atoms with Crippen LogP contribution in [0.2, 0.25) is 0 Å². The number of H-pyrrole nitrogens is 1. The largest absolute Gasteiger partial charge is 0.354 e. The van der Waals surface area contributed by atoms with Gasteiger partial charge in [-0.25, -0.2) is 9.97 Å². The smallest absolute Gasteiger partial charge is 0.155 e. The van der Waals surface area contributed by atoms with E-state index in [9.17, 15) is 0 Å². The number of nitrogens with one attached hydrogen (secondary N) is 1. The number of nitrogens with zero attached hydrogens (tertiary/aromatic N) is 2. The van der Waals surface area contributed by atoms with Crippen molar-refractivity contribution in [3.8, 4) is 0 Å². The molecule has 23 heavy (non-hydrogen) atoms. The van der Waals surface area contributed by atoms with E-state index in [1.807, 2.05) is 32.0 Å². The van der Waals surface area contributed by atoms with Crippen molar-refractivity contribution in [2.24, 2.45) is 0 Å².